The molecule has 0 fully saturated rings. The van der Waals surface area contributed by atoms with Crippen LogP contribution in [0.3, 0.4) is 0 Å². The van der Waals surface area contributed by atoms with Crippen molar-refractivity contribution in [1.82, 2.24) is 0 Å². The third-order valence-electron chi connectivity index (χ3n) is 1.19. The maximum Gasteiger partial charge on any atom is 0.139 e. The summed E-state index contributed by atoms with van der Waals surface area (Å²) >= 11 is 2.33. The molecule has 0 aromatic heterocycles. The monoisotopic (exact) mass is 228 g/mol. The van der Waals surface area contributed by atoms with E-state index >= 15 is 0 Å². The molecule has 0 heterocycles. The number of halogens is 1. The van der Waals surface area contributed by atoms with E-state index in [2.05, 4.69) is 56.5 Å². The SMILES string of the molecule is Bc1cc(B)cc(I)c1. The molecule has 1 aromatic carbocycles. The fourth-order valence-corrected chi connectivity index (χ4v) is 1.90. The molecule has 0 aliphatic heterocycles. The molecule has 0 amide bonds. The van der Waals surface area contributed by atoms with Gasteiger partial charge in [-0.3, -0.25) is 0 Å². The van der Waals surface area contributed by atoms with Crippen LogP contribution in [0.15, 0.2) is 18.2 Å². The molecule has 0 spiro atoms. The molecule has 0 bridgehead atoms. The van der Waals surface area contributed by atoms with Crippen LogP contribution in [-0.2, 0) is 0 Å². The Morgan fingerprint density at radius 1 is 1.00 bits per heavy atom. The first-order valence-corrected chi connectivity index (χ1v) is 4.00. The van der Waals surface area contributed by atoms with E-state index in [0.717, 1.165) is 0 Å². The van der Waals surface area contributed by atoms with Crippen molar-refractivity contribution < 1.29 is 0 Å². The van der Waals surface area contributed by atoms with Gasteiger partial charge in [0.25, 0.3) is 0 Å². The van der Waals surface area contributed by atoms with Gasteiger partial charge in [0.2, 0.25) is 0 Å². The summed E-state index contributed by atoms with van der Waals surface area (Å²) in [5, 5.41) is 0. The van der Waals surface area contributed by atoms with Crippen molar-refractivity contribution in [2.24, 2.45) is 0 Å². The first-order valence-electron chi connectivity index (χ1n) is 2.92. The second kappa shape index (κ2) is 2.78. The Kier molecular flexibility index (Phi) is 2.22. The summed E-state index contributed by atoms with van der Waals surface area (Å²) < 4.78 is 1.32. The maximum atomic E-state index is 2.33. The van der Waals surface area contributed by atoms with Gasteiger partial charge in [0.1, 0.15) is 15.7 Å². The predicted molar refractivity (Wildman–Crippen MR) is 55.5 cm³/mol. The highest BCUT2D eigenvalue weighted by Gasteiger charge is 1.88. The molecule has 3 heteroatoms. The fourth-order valence-electron chi connectivity index (χ4n) is 0.919. The lowest BCUT2D eigenvalue weighted by molar-refractivity contribution is 1.75. The third-order valence-corrected chi connectivity index (χ3v) is 1.81. The van der Waals surface area contributed by atoms with Crippen LogP contribution in [0, 0.1) is 3.57 Å². The fraction of sp³-hybridized carbons (Fsp3) is 0. The van der Waals surface area contributed by atoms with E-state index in [1.54, 1.807) is 0 Å². The van der Waals surface area contributed by atoms with Gasteiger partial charge in [-0.2, -0.15) is 0 Å². The topological polar surface area (TPSA) is 0 Å². The largest absolute Gasteiger partial charge is 0.139 e. The first kappa shape index (κ1) is 7.19. The molecular formula is C6H7B2I. The van der Waals surface area contributed by atoms with E-state index in [1.807, 2.05) is 0 Å². The zero-order chi connectivity index (χ0) is 6.85. The van der Waals surface area contributed by atoms with Crippen molar-refractivity contribution in [1.29, 1.82) is 0 Å². The number of rotatable bonds is 0. The average molecular weight is 228 g/mol. The Balaban J connectivity index is 3.17. The normalized spacial score (nSPS) is 9.44. The molecule has 0 radical (unpaired) electrons. The molecule has 0 aliphatic carbocycles. The summed E-state index contributed by atoms with van der Waals surface area (Å²) in [6.07, 6.45) is 0. The highest BCUT2D eigenvalue weighted by atomic mass is 127. The second-order valence-electron chi connectivity index (χ2n) is 2.31. The summed E-state index contributed by atoms with van der Waals surface area (Å²) in [6, 6.07) is 6.53. The zero-order valence-corrected chi connectivity index (χ0v) is 7.77. The van der Waals surface area contributed by atoms with Crippen molar-refractivity contribution >= 4 is 49.2 Å². The molecule has 0 atom stereocenters. The molecule has 1 aromatic rings. The Bertz CT molecular complexity index is 172. The van der Waals surface area contributed by atoms with E-state index < -0.39 is 0 Å². The summed E-state index contributed by atoms with van der Waals surface area (Å²) in [4.78, 5) is 0. The molecule has 0 saturated heterocycles. The van der Waals surface area contributed by atoms with Crippen LogP contribution in [0.5, 0.6) is 0 Å². The van der Waals surface area contributed by atoms with Gasteiger partial charge in [-0.05, 0) is 22.6 Å². The molecular weight excluding hydrogens is 221 g/mol. The minimum absolute atomic E-state index is 1.32. The predicted octanol–water partition coefficient (Wildman–Crippen LogP) is -1.19. The van der Waals surface area contributed by atoms with Crippen LogP contribution in [0.2, 0.25) is 0 Å². The Morgan fingerprint density at radius 2 is 1.44 bits per heavy atom. The second-order valence-corrected chi connectivity index (χ2v) is 3.55. The van der Waals surface area contributed by atoms with E-state index in [0.29, 0.717) is 0 Å². The van der Waals surface area contributed by atoms with Gasteiger partial charge in [0.05, 0.1) is 0 Å². The zero-order valence-electron chi connectivity index (χ0n) is 5.61. The van der Waals surface area contributed by atoms with Gasteiger partial charge in [-0.1, -0.05) is 29.1 Å². The summed E-state index contributed by atoms with van der Waals surface area (Å²) in [5.41, 5.74) is 2.69. The minimum Gasteiger partial charge on any atom is -0.0885 e. The van der Waals surface area contributed by atoms with Crippen LogP contribution >= 0.6 is 22.6 Å². The molecule has 9 heavy (non-hydrogen) atoms. The Hall–Kier alpha value is 0.0799. The van der Waals surface area contributed by atoms with Crippen molar-refractivity contribution in [2.45, 2.75) is 0 Å². The van der Waals surface area contributed by atoms with E-state index in [1.165, 1.54) is 14.5 Å². The van der Waals surface area contributed by atoms with Crippen LogP contribution < -0.4 is 10.9 Å². The summed E-state index contributed by atoms with van der Waals surface area (Å²) in [6.45, 7) is 0. The lowest BCUT2D eigenvalue weighted by atomic mass is 9.88. The van der Waals surface area contributed by atoms with E-state index in [-0.39, 0.29) is 0 Å². The Morgan fingerprint density at radius 3 is 1.78 bits per heavy atom. The Labute approximate surface area is 71.0 Å². The minimum atomic E-state index is 1.32. The standard InChI is InChI=1S/C6H7B2I/c7-4-1-5(8)3-6(9)2-4/h1-3H,7-8H2. The van der Waals surface area contributed by atoms with Gasteiger partial charge >= 0.3 is 0 Å². The molecule has 44 valence electrons. The van der Waals surface area contributed by atoms with Gasteiger partial charge in [0.15, 0.2) is 0 Å². The number of benzene rings is 1. The average Bonchev–Trinajstić information content (AvgIpc) is 1.59. The molecule has 0 unspecified atom stereocenters. The van der Waals surface area contributed by atoms with Gasteiger partial charge < -0.3 is 0 Å². The van der Waals surface area contributed by atoms with Crippen LogP contribution in [-0.4, -0.2) is 15.7 Å². The van der Waals surface area contributed by atoms with E-state index in [4.69, 9.17) is 0 Å². The van der Waals surface area contributed by atoms with Crippen molar-refractivity contribution in [3.05, 3.63) is 21.8 Å². The lowest BCUT2D eigenvalue weighted by Crippen LogP contribution is -2.13. The van der Waals surface area contributed by atoms with Gasteiger partial charge in [-0.15, -0.1) is 0 Å². The van der Waals surface area contributed by atoms with Crippen LogP contribution in [0.25, 0.3) is 0 Å². The van der Waals surface area contributed by atoms with Crippen molar-refractivity contribution in [2.75, 3.05) is 0 Å². The molecule has 1 rings (SSSR count). The summed E-state index contributed by atoms with van der Waals surface area (Å²) in [7, 11) is 4.24. The van der Waals surface area contributed by atoms with Crippen LogP contribution in [0.4, 0.5) is 0 Å². The highest BCUT2D eigenvalue weighted by molar-refractivity contribution is 14.1. The smallest absolute Gasteiger partial charge is 0.0885 e. The lowest BCUT2D eigenvalue weighted by Gasteiger charge is -1.95. The van der Waals surface area contributed by atoms with Gasteiger partial charge in [0, 0.05) is 3.57 Å². The van der Waals surface area contributed by atoms with Crippen molar-refractivity contribution in [3.8, 4) is 0 Å². The highest BCUT2D eigenvalue weighted by Crippen LogP contribution is 1.96. The van der Waals surface area contributed by atoms with Crippen molar-refractivity contribution in [3.63, 3.8) is 0 Å². The quantitative estimate of drug-likeness (QED) is 0.386. The molecule has 0 saturated carbocycles. The van der Waals surface area contributed by atoms with E-state index in [9.17, 15) is 0 Å². The number of hydrogen-bond acceptors (Lipinski definition) is 0. The third kappa shape index (κ3) is 2.05. The van der Waals surface area contributed by atoms with Gasteiger partial charge in [-0.25, -0.2) is 0 Å². The van der Waals surface area contributed by atoms with Crippen LogP contribution in [0.1, 0.15) is 0 Å². The maximum absolute atomic E-state index is 2.33. The first-order chi connectivity index (χ1) is 4.18. The molecule has 0 nitrogen and oxygen atoms in total. The number of hydrogen-bond donors (Lipinski definition) is 0. The molecule has 0 aliphatic rings. The molecule has 0 N–H and O–H groups in total. The summed E-state index contributed by atoms with van der Waals surface area (Å²) in [5.74, 6) is 0.